The first-order chi connectivity index (χ1) is 15.8. The third-order valence-corrected chi connectivity index (χ3v) is 5.85. The van der Waals surface area contributed by atoms with Crippen LogP contribution in [0.3, 0.4) is 0 Å². The number of hydrogen-bond acceptors (Lipinski definition) is 5. The minimum absolute atomic E-state index is 0.0222. The first kappa shape index (κ1) is 23.0. The maximum atomic E-state index is 13.9. The van der Waals surface area contributed by atoms with Gasteiger partial charge in [-0.2, -0.15) is 0 Å². The molecule has 33 heavy (non-hydrogen) atoms. The van der Waals surface area contributed by atoms with E-state index in [0.717, 1.165) is 18.1 Å². The Morgan fingerprint density at radius 1 is 1.15 bits per heavy atom. The third-order valence-electron chi connectivity index (χ3n) is 5.85. The van der Waals surface area contributed by atoms with E-state index in [1.165, 1.54) is 12.1 Å². The van der Waals surface area contributed by atoms with Gasteiger partial charge in [0.2, 0.25) is 5.76 Å². The van der Waals surface area contributed by atoms with Crippen molar-refractivity contribution in [3.05, 3.63) is 75.4 Å². The summed E-state index contributed by atoms with van der Waals surface area (Å²) in [4.78, 5) is 30.5. The summed E-state index contributed by atoms with van der Waals surface area (Å²) in [6.45, 7) is 5.87. The van der Waals surface area contributed by atoms with Crippen molar-refractivity contribution in [3.63, 3.8) is 0 Å². The molecule has 1 unspecified atom stereocenters. The lowest BCUT2D eigenvalue weighted by molar-refractivity contribution is 0.0716. The number of hydrogen-bond donors (Lipinski definition) is 0. The Kier molecular flexibility index (Phi) is 6.51. The average Bonchev–Trinajstić information content (AvgIpc) is 3.05. The number of ether oxygens (including phenoxy) is 1. The summed E-state index contributed by atoms with van der Waals surface area (Å²) in [6, 6.07) is 10.6. The molecule has 1 aliphatic rings. The van der Waals surface area contributed by atoms with Gasteiger partial charge in [-0.3, -0.25) is 9.59 Å². The highest BCUT2D eigenvalue weighted by Crippen LogP contribution is 2.39. The van der Waals surface area contributed by atoms with Crippen LogP contribution in [0, 0.1) is 11.7 Å². The molecule has 4 rings (SSSR count). The molecule has 3 aromatic rings. The van der Waals surface area contributed by atoms with E-state index in [-0.39, 0.29) is 33.6 Å². The molecule has 0 saturated carbocycles. The molecule has 0 radical (unpaired) electrons. The second-order valence-corrected chi connectivity index (χ2v) is 9.12. The monoisotopic (exact) mass is 452 g/mol. The van der Waals surface area contributed by atoms with Gasteiger partial charge in [0.05, 0.1) is 23.6 Å². The molecule has 0 fully saturated rings. The van der Waals surface area contributed by atoms with Crippen LogP contribution in [-0.4, -0.2) is 49.5 Å². The number of fused-ring (bicyclic) bond motifs is 2. The van der Waals surface area contributed by atoms with Crippen molar-refractivity contribution in [2.75, 3.05) is 33.8 Å². The lowest BCUT2D eigenvalue weighted by atomic mass is 9.98. The zero-order valence-corrected chi connectivity index (χ0v) is 19.4. The van der Waals surface area contributed by atoms with Gasteiger partial charge >= 0.3 is 0 Å². The van der Waals surface area contributed by atoms with Crippen LogP contribution in [0.15, 0.2) is 51.7 Å². The normalized spacial score (nSPS) is 15.7. The number of carbonyl (C=O) groups excluding carboxylic acids is 1. The fraction of sp³-hybridized carbons (Fsp3) is 0.385. The van der Waals surface area contributed by atoms with Crippen molar-refractivity contribution in [1.29, 1.82) is 0 Å². The molecule has 6 nitrogen and oxygen atoms in total. The fourth-order valence-corrected chi connectivity index (χ4v) is 4.06. The first-order valence-corrected chi connectivity index (χ1v) is 11.2. The van der Waals surface area contributed by atoms with E-state index < -0.39 is 11.9 Å². The topological polar surface area (TPSA) is 63.0 Å². The van der Waals surface area contributed by atoms with Crippen molar-refractivity contribution in [3.8, 4) is 5.75 Å². The van der Waals surface area contributed by atoms with Gasteiger partial charge in [0.25, 0.3) is 5.91 Å². The van der Waals surface area contributed by atoms with Gasteiger partial charge in [-0.05, 0) is 62.3 Å². The van der Waals surface area contributed by atoms with Crippen molar-refractivity contribution >= 4 is 16.9 Å². The highest BCUT2D eigenvalue weighted by atomic mass is 19.1. The summed E-state index contributed by atoms with van der Waals surface area (Å²) in [5.41, 5.74) is 0.817. The number of rotatable bonds is 8. The molecule has 1 aliphatic heterocycles. The van der Waals surface area contributed by atoms with E-state index in [4.69, 9.17) is 9.15 Å². The van der Waals surface area contributed by atoms with E-state index >= 15 is 0 Å². The van der Waals surface area contributed by atoms with Gasteiger partial charge in [0.1, 0.15) is 17.1 Å². The minimum atomic E-state index is -0.634. The Morgan fingerprint density at radius 3 is 2.67 bits per heavy atom. The van der Waals surface area contributed by atoms with Crippen LogP contribution in [0.1, 0.15) is 48.0 Å². The second kappa shape index (κ2) is 9.35. The molecule has 0 aliphatic carbocycles. The lowest BCUT2D eigenvalue weighted by Crippen LogP contribution is -2.35. The molecule has 1 atom stereocenters. The molecular weight excluding hydrogens is 423 g/mol. The van der Waals surface area contributed by atoms with E-state index in [1.54, 1.807) is 4.90 Å². The molecule has 0 bridgehead atoms. The van der Waals surface area contributed by atoms with Crippen molar-refractivity contribution in [2.24, 2.45) is 5.92 Å². The highest BCUT2D eigenvalue weighted by Gasteiger charge is 2.42. The minimum Gasteiger partial charge on any atom is -0.494 e. The maximum Gasteiger partial charge on any atom is 0.290 e. The summed E-state index contributed by atoms with van der Waals surface area (Å²) >= 11 is 0. The predicted octanol–water partition coefficient (Wildman–Crippen LogP) is 4.46. The summed E-state index contributed by atoms with van der Waals surface area (Å²) < 4.78 is 25.7. The van der Waals surface area contributed by atoms with Gasteiger partial charge in [0, 0.05) is 13.1 Å². The fourth-order valence-electron chi connectivity index (χ4n) is 4.06. The Balaban J connectivity index is 1.81. The molecule has 174 valence electrons. The predicted molar refractivity (Wildman–Crippen MR) is 125 cm³/mol. The van der Waals surface area contributed by atoms with E-state index in [1.807, 2.05) is 43.3 Å². The van der Waals surface area contributed by atoms with E-state index in [0.29, 0.717) is 31.4 Å². The highest BCUT2D eigenvalue weighted by molar-refractivity contribution is 5.99. The average molecular weight is 453 g/mol. The molecular formula is C26H29FN2O4. The number of benzene rings is 2. The summed E-state index contributed by atoms with van der Waals surface area (Å²) in [5.74, 6) is 0.353. The first-order valence-electron chi connectivity index (χ1n) is 11.2. The molecule has 0 N–H and O–H groups in total. The Labute approximate surface area is 192 Å². The molecule has 1 aromatic heterocycles. The standard InChI is InChI=1S/C26H29FN2O4/c1-16(2)10-13-32-19-7-5-6-17(14-19)23-22-24(30)20-15-18(27)8-9-21(20)33-25(22)26(31)29(23)12-11-28(3)4/h5-9,14-16,23H,10-13H2,1-4H3. The number of halogens is 1. The Morgan fingerprint density at radius 2 is 1.94 bits per heavy atom. The molecule has 0 saturated heterocycles. The van der Waals surface area contributed by atoms with Crippen LogP contribution in [0.2, 0.25) is 0 Å². The second-order valence-electron chi connectivity index (χ2n) is 9.12. The summed E-state index contributed by atoms with van der Waals surface area (Å²) in [5, 5.41) is 0.130. The third kappa shape index (κ3) is 4.64. The van der Waals surface area contributed by atoms with Crippen molar-refractivity contribution < 1.29 is 18.3 Å². The van der Waals surface area contributed by atoms with Gasteiger partial charge in [0.15, 0.2) is 5.43 Å². The molecule has 2 aromatic carbocycles. The van der Waals surface area contributed by atoms with Gasteiger partial charge in [-0.1, -0.05) is 26.0 Å². The Hall–Kier alpha value is -3.19. The van der Waals surface area contributed by atoms with Crippen LogP contribution >= 0.6 is 0 Å². The number of likely N-dealkylation sites (N-methyl/N-ethyl adjacent to an activating group) is 1. The SMILES string of the molecule is CC(C)CCOc1cccc(C2c3c(oc4ccc(F)cc4c3=O)C(=O)N2CCN(C)C)c1. The van der Waals surface area contributed by atoms with Gasteiger partial charge in [-0.15, -0.1) is 0 Å². The maximum absolute atomic E-state index is 13.9. The number of nitrogens with zero attached hydrogens (tertiary/aromatic N) is 2. The number of carbonyl (C=O) groups is 1. The quantitative estimate of drug-likeness (QED) is 0.505. The molecule has 1 amide bonds. The van der Waals surface area contributed by atoms with Gasteiger partial charge in [-0.25, -0.2) is 4.39 Å². The van der Waals surface area contributed by atoms with Crippen molar-refractivity contribution in [2.45, 2.75) is 26.3 Å². The van der Waals surface area contributed by atoms with Crippen LogP contribution in [0.4, 0.5) is 4.39 Å². The van der Waals surface area contributed by atoms with Gasteiger partial charge < -0.3 is 19.0 Å². The Bertz CT molecular complexity index is 1230. The van der Waals surface area contributed by atoms with Crippen molar-refractivity contribution in [1.82, 2.24) is 9.80 Å². The molecule has 0 spiro atoms. The summed E-state index contributed by atoms with van der Waals surface area (Å²) in [7, 11) is 3.85. The zero-order chi connectivity index (χ0) is 23.7. The van der Waals surface area contributed by atoms with Crippen LogP contribution in [0.5, 0.6) is 5.75 Å². The molecule has 2 heterocycles. The van der Waals surface area contributed by atoms with Crippen LogP contribution in [-0.2, 0) is 0 Å². The van der Waals surface area contributed by atoms with E-state index in [2.05, 4.69) is 13.8 Å². The summed E-state index contributed by atoms with van der Waals surface area (Å²) in [6.07, 6.45) is 0.922. The zero-order valence-electron chi connectivity index (χ0n) is 19.4. The lowest BCUT2D eigenvalue weighted by Gasteiger charge is -2.26. The number of amides is 1. The van der Waals surface area contributed by atoms with Crippen LogP contribution < -0.4 is 10.2 Å². The van der Waals surface area contributed by atoms with Crippen LogP contribution in [0.25, 0.3) is 11.0 Å². The molecule has 7 heteroatoms. The largest absolute Gasteiger partial charge is 0.494 e. The van der Waals surface area contributed by atoms with E-state index in [9.17, 15) is 14.0 Å². The smallest absolute Gasteiger partial charge is 0.290 e.